The molecular formula is C17H24N4O4S. The number of piperidine rings is 1. The molecule has 1 aromatic carbocycles. The van der Waals surface area contributed by atoms with Crippen molar-refractivity contribution in [3.63, 3.8) is 0 Å². The minimum absolute atomic E-state index is 0.112. The van der Waals surface area contributed by atoms with Crippen molar-refractivity contribution >= 4 is 10.2 Å². The van der Waals surface area contributed by atoms with Gasteiger partial charge in [0.05, 0.1) is 12.7 Å². The summed E-state index contributed by atoms with van der Waals surface area (Å²) in [6, 6.07) is 9.58. The van der Waals surface area contributed by atoms with Crippen molar-refractivity contribution in [2.45, 2.75) is 25.4 Å². The number of benzene rings is 1. The number of hydrogen-bond donors (Lipinski definition) is 0. The van der Waals surface area contributed by atoms with E-state index in [1.807, 2.05) is 30.3 Å². The van der Waals surface area contributed by atoms with Gasteiger partial charge in [-0.3, -0.25) is 0 Å². The van der Waals surface area contributed by atoms with Crippen molar-refractivity contribution in [3.8, 4) is 11.5 Å². The lowest BCUT2D eigenvalue weighted by Gasteiger charge is -2.33. The van der Waals surface area contributed by atoms with E-state index in [2.05, 4.69) is 10.1 Å². The van der Waals surface area contributed by atoms with Crippen molar-refractivity contribution in [1.29, 1.82) is 0 Å². The van der Waals surface area contributed by atoms with Gasteiger partial charge in [-0.05, 0) is 25.0 Å². The van der Waals surface area contributed by atoms with Crippen molar-refractivity contribution in [2.75, 3.05) is 33.8 Å². The van der Waals surface area contributed by atoms with Gasteiger partial charge in [0.25, 0.3) is 16.1 Å². The number of nitrogens with zero attached hydrogens (tertiary/aromatic N) is 4. The fraction of sp³-hybridized carbons (Fsp3) is 0.529. The number of ether oxygens (including phenoxy) is 1. The van der Waals surface area contributed by atoms with Crippen LogP contribution in [-0.4, -0.2) is 67.1 Å². The van der Waals surface area contributed by atoms with E-state index in [1.165, 1.54) is 8.61 Å². The standard InChI is InChI=1S/C17H24N4O4S/c1-20(2)26(22,23)21-11-6-9-15(13-21)24-12-10-16-18-17(25-19-16)14-7-4-3-5-8-14/h3-5,7-8,15H,6,9-13H2,1-2H3. The zero-order valence-electron chi connectivity index (χ0n) is 15.0. The third-order valence-electron chi connectivity index (χ3n) is 4.30. The van der Waals surface area contributed by atoms with Crippen LogP contribution in [0.25, 0.3) is 11.5 Å². The second-order valence-electron chi connectivity index (χ2n) is 6.41. The molecule has 1 saturated heterocycles. The van der Waals surface area contributed by atoms with Gasteiger partial charge in [0, 0.05) is 39.2 Å². The molecule has 8 nitrogen and oxygen atoms in total. The molecule has 1 aromatic heterocycles. The fourth-order valence-electron chi connectivity index (χ4n) is 2.85. The molecule has 142 valence electrons. The van der Waals surface area contributed by atoms with Crippen molar-refractivity contribution < 1.29 is 17.7 Å². The van der Waals surface area contributed by atoms with Crippen LogP contribution >= 0.6 is 0 Å². The molecule has 0 N–H and O–H groups in total. The summed E-state index contributed by atoms with van der Waals surface area (Å²) in [6.07, 6.45) is 2.05. The third kappa shape index (κ3) is 4.47. The van der Waals surface area contributed by atoms with Crippen LogP contribution in [0.2, 0.25) is 0 Å². The Kier molecular flexibility index (Phi) is 6.02. The van der Waals surface area contributed by atoms with Gasteiger partial charge in [-0.25, -0.2) is 0 Å². The Morgan fingerprint density at radius 2 is 2.08 bits per heavy atom. The van der Waals surface area contributed by atoms with Crippen LogP contribution in [-0.2, 0) is 21.4 Å². The van der Waals surface area contributed by atoms with Gasteiger partial charge in [-0.2, -0.15) is 22.0 Å². The smallest absolute Gasteiger partial charge is 0.281 e. The maximum absolute atomic E-state index is 12.2. The van der Waals surface area contributed by atoms with Gasteiger partial charge < -0.3 is 9.26 Å². The van der Waals surface area contributed by atoms with Crippen molar-refractivity contribution in [1.82, 2.24) is 18.8 Å². The molecule has 9 heteroatoms. The monoisotopic (exact) mass is 380 g/mol. The highest BCUT2D eigenvalue weighted by Crippen LogP contribution is 2.19. The van der Waals surface area contributed by atoms with E-state index >= 15 is 0 Å². The quantitative estimate of drug-likeness (QED) is 0.724. The Labute approximate surface area is 153 Å². The number of aromatic nitrogens is 2. The zero-order valence-corrected chi connectivity index (χ0v) is 15.9. The van der Waals surface area contributed by atoms with Crippen LogP contribution in [0.15, 0.2) is 34.9 Å². The summed E-state index contributed by atoms with van der Waals surface area (Å²) in [5.41, 5.74) is 0.879. The topological polar surface area (TPSA) is 88.8 Å². The van der Waals surface area contributed by atoms with E-state index in [9.17, 15) is 8.42 Å². The first-order valence-corrected chi connectivity index (χ1v) is 10.0. The highest BCUT2D eigenvalue weighted by atomic mass is 32.2. The summed E-state index contributed by atoms with van der Waals surface area (Å²) in [7, 11) is -0.306. The molecule has 0 saturated carbocycles. The molecule has 2 aromatic rings. The molecule has 1 aliphatic heterocycles. The van der Waals surface area contributed by atoms with Gasteiger partial charge in [0.2, 0.25) is 0 Å². The molecule has 1 aliphatic rings. The molecule has 0 aliphatic carbocycles. The Balaban J connectivity index is 1.50. The van der Waals surface area contributed by atoms with E-state index < -0.39 is 10.2 Å². The summed E-state index contributed by atoms with van der Waals surface area (Å²) < 4.78 is 38.3. The van der Waals surface area contributed by atoms with E-state index in [1.54, 1.807) is 14.1 Å². The summed E-state index contributed by atoms with van der Waals surface area (Å²) in [6.45, 7) is 1.34. The normalized spacial score (nSPS) is 19.1. The summed E-state index contributed by atoms with van der Waals surface area (Å²) in [4.78, 5) is 4.37. The maximum atomic E-state index is 12.2. The lowest BCUT2D eigenvalue weighted by molar-refractivity contribution is 0.0189. The van der Waals surface area contributed by atoms with E-state index in [-0.39, 0.29) is 6.10 Å². The van der Waals surface area contributed by atoms with Crippen LogP contribution in [0.4, 0.5) is 0 Å². The average Bonchev–Trinajstić information content (AvgIpc) is 3.11. The highest BCUT2D eigenvalue weighted by molar-refractivity contribution is 7.86. The van der Waals surface area contributed by atoms with Gasteiger partial charge in [-0.1, -0.05) is 23.4 Å². The van der Waals surface area contributed by atoms with Gasteiger partial charge >= 0.3 is 0 Å². The minimum atomic E-state index is -3.39. The molecule has 26 heavy (non-hydrogen) atoms. The number of rotatable bonds is 7. The highest BCUT2D eigenvalue weighted by Gasteiger charge is 2.30. The van der Waals surface area contributed by atoms with Crippen LogP contribution in [0, 0.1) is 0 Å². The number of hydrogen-bond acceptors (Lipinski definition) is 6. The van der Waals surface area contributed by atoms with E-state index in [0.29, 0.717) is 37.8 Å². The molecule has 1 fully saturated rings. The first-order chi connectivity index (χ1) is 12.5. The molecule has 0 radical (unpaired) electrons. The second kappa shape index (κ2) is 8.26. The predicted molar refractivity (Wildman–Crippen MR) is 96.6 cm³/mol. The predicted octanol–water partition coefficient (Wildman–Crippen LogP) is 1.57. The van der Waals surface area contributed by atoms with Crippen LogP contribution in [0.5, 0.6) is 0 Å². The lowest BCUT2D eigenvalue weighted by Crippen LogP contribution is -2.47. The molecule has 0 spiro atoms. The van der Waals surface area contributed by atoms with Gasteiger partial charge in [-0.15, -0.1) is 0 Å². The van der Waals surface area contributed by atoms with Crippen LogP contribution in [0.1, 0.15) is 18.7 Å². The molecule has 0 bridgehead atoms. The molecule has 0 amide bonds. The van der Waals surface area contributed by atoms with Crippen molar-refractivity contribution in [3.05, 3.63) is 36.2 Å². The largest absolute Gasteiger partial charge is 0.376 e. The maximum Gasteiger partial charge on any atom is 0.281 e. The van der Waals surface area contributed by atoms with E-state index in [4.69, 9.17) is 9.26 Å². The summed E-state index contributed by atoms with van der Waals surface area (Å²) in [5.74, 6) is 1.07. The Hall–Kier alpha value is -1.81. The molecule has 1 unspecified atom stereocenters. The third-order valence-corrected chi connectivity index (χ3v) is 6.20. The summed E-state index contributed by atoms with van der Waals surface area (Å²) >= 11 is 0. The van der Waals surface area contributed by atoms with Gasteiger partial charge in [0.15, 0.2) is 5.82 Å². The molecule has 1 atom stereocenters. The molecule has 2 heterocycles. The van der Waals surface area contributed by atoms with Crippen LogP contribution in [0.3, 0.4) is 0 Å². The molecule has 3 rings (SSSR count). The zero-order chi connectivity index (χ0) is 18.6. The van der Waals surface area contributed by atoms with Gasteiger partial charge in [0.1, 0.15) is 0 Å². The first kappa shape index (κ1) is 19.0. The lowest BCUT2D eigenvalue weighted by atomic mass is 10.1. The first-order valence-electron chi connectivity index (χ1n) is 8.64. The minimum Gasteiger partial charge on any atom is -0.376 e. The fourth-order valence-corrected chi connectivity index (χ4v) is 4.03. The summed E-state index contributed by atoms with van der Waals surface area (Å²) in [5, 5.41) is 3.97. The Morgan fingerprint density at radius 1 is 1.31 bits per heavy atom. The molecular weight excluding hydrogens is 356 g/mol. The van der Waals surface area contributed by atoms with Crippen molar-refractivity contribution in [2.24, 2.45) is 0 Å². The SMILES string of the molecule is CN(C)S(=O)(=O)N1CCCC(OCCc2noc(-c3ccccc3)n2)C1. The Bertz CT molecular complexity index is 807. The average molecular weight is 380 g/mol. The van der Waals surface area contributed by atoms with Crippen LogP contribution < -0.4 is 0 Å². The second-order valence-corrected chi connectivity index (χ2v) is 8.56. The Morgan fingerprint density at radius 3 is 2.81 bits per heavy atom. The van der Waals surface area contributed by atoms with E-state index in [0.717, 1.165) is 18.4 Å².